The third-order valence-electron chi connectivity index (χ3n) is 0.788. The van der Waals surface area contributed by atoms with Crippen LogP contribution < -0.4 is 5.32 Å². The average Bonchev–Trinajstić information content (AvgIpc) is 2.40. The lowest BCUT2D eigenvalue weighted by Gasteiger charge is -1.78. The number of carboxylic acids is 2. The van der Waals surface area contributed by atoms with Gasteiger partial charge in [0.2, 0.25) is 0 Å². The van der Waals surface area contributed by atoms with Gasteiger partial charge in [0.1, 0.15) is 0 Å². The van der Waals surface area contributed by atoms with E-state index in [0.717, 1.165) is 12.3 Å². The highest BCUT2D eigenvalue weighted by atomic mass is 32.2. The van der Waals surface area contributed by atoms with Crippen LogP contribution in [0.2, 0.25) is 0 Å². The lowest BCUT2D eigenvalue weighted by atomic mass is 10.7. The first kappa shape index (κ1) is 10.8. The zero-order valence-corrected chi connectivity index (χ0v) is 6.76. The Balaban J connectivity index is 0.000000202. The molecule has 0 unspecified atom stereocenters. The van der Waals surface area contributed by atoms with Crippen molar-refractivity contribution < 1.29 is 24.6 Å². The molecule has 3 N–H and O–H groups in total. The van der Waals surface area contributed by atoms with Crippen molar-refractivity contribution in [3.8, 4) is 0 Å². The molecule has 7 heteroatoms. The van der Waals surface area contributed by atoms with Crippen LogP contribution in [0.25, 0.3) is 0 Å². The summed E-state index contributed by atoms with van der Waals surface area (Å²) in [4.78, 5) is 28.3. The Hall–Kier alpha value is -1.24. The van der Waals surface area contributed by atoms with Gasteiger partial charge in [-0.05, 0) is 0 Å². The lowest BCUT2D eigenvalue weighted by Crippen LogP contribution is -2.10. The fraction of sp³-hybridized carbons (Fsp3) is 0.400. The van der Waals surface area contributed by atoms with Gasteiger partial charge in [-0.3, -0.25) is 4.79 Å². The first-order valence-electron chi connectivity index (χ1n) is 2.91. The topological polar surface area (TPSA) is 104 Å². The fourth-order valence-electron chi connectivity index (χ4n) is 0.348. The highest BCUT2D eigenvalue weighted by Gasteiger charge is 2.06. The van der Waals surface area contributed by atoms with E-state index in [2.05, 4.69) is 5.32 Å². The predicted molar refractivity (Wildman–Crippen MR) is 41.1 cm³/mol. The molecule has 1 fully saturated rings. The number of hydrogen-bond donors (Lipinski definition) is 3. The summed E-state index contributed by atoms with van der Waals surface area (Å²) in [5.74, 6) is -2.70. The van der Waals surface area contributed by atoms with Crippen molar-refractivity contribution in [2.24, 2.45) is 0 Å². The van der Waals surface area contributed by atoms with Crippen LogP contribution in [0.15, 0.2) is 0 Å². The molecule has 1 aliphatic rings. The Morgan fingerprint density at radius 1 is 1.33 bits per heavy atom. The van der Waals surface area contributed by atoms with Gasteiger partial charge < -0.3 is 15.5 Å². The van der Waals surface area contributed by atoms with E-state index in [0.29, 0.717) is 0 Å². The third kappa shape index (κ3) is 5.54. The molecule has 0 spiro atoms. The van der Waals surface area contributed by atoms with Gasteiger partial charge in [-0.2, -0.15) is 0 Å². The summed E-state index contributed by atoms with van der Waals surface area (Å²) >= 11 is 1.35. The zero-order chi connectivity index (χ0) is 9.56. The van der Waals surface area contributed by atoms with Crippen molar-refractivity contribution in [1.82, 2.24) is 5.32 Å². The Bertz CT molecular complexity index is 184. The molecule has 12 heavy (non-hydrogen) atoms. The van der Waals surface area contributed by atoms with Crippen LogP contribution in [-0.2, 0) is 9.59 Å². The second kappa shape index (κ2) is 5.42. The molecular weight excluding hydrogens is 186 g/mol. The number of aliphatic carboxylic acids is 2. The van der Waals surface area contributed by atoms with Gasteiger partial charge in [0, 0.05) is 12.3 Å². The molecule has 0 saturated carbocycles. The average molecular weight is 193 g/mol. The highest BCUT2D eigenvalue weighted by molar-refractivity contribution is 8.13. The fourth-order valence-corrected chi connectivity index (χ4v) is 0.941. The summed E-state index contributed by atoms with van der Waals surface area (Å²) in [7, 11) is 0. The van der Waals surface area contributed by atoms with E-state index in [4.69, 9.17) is 19.8 Å². The van der Waals surface area contributed by atoms with Crippen LogP contribution in [0.1, 0.15) is 0 Å². The molecular formula is C5H7NO5S. The number of carbonyl (C=O) groups excluding carboxylic acids is 1. The van der Waals surface area contributed by atoms with Crippen LogP contribution >= 0.6 is 11.8 Å². The molecule has 0 aromatic carbocycles. The lowest BCUT2D eigenvalue weighted by molar-refractivity contribution is -0.159. The van der Waals surface area contributed by atoms with Crippen LogP contribution in [-0.4, -0.2) is 39.7 Å². The second-order valence-corrected chi connectivity index (χ2v) is 2.74. The molecule has 0 aromatic heterocycles. The van der Waals surface area contributed by atoms with Gasteiger partial charge in [0.25, 0.3) is 5.24 Å². The molecule has 0 bridgehead atoms. The summed E-state index contributed by atoms with van der Waals surface area (Å²) in [5, 5.41) is 17.5. The molecule has 1 saturated heterocycles. The molecule has 0 atom stereocenters. The maximum absolute atomic E-state index is 10.1. The Morgan fingerprint density at radius 2 is 1.83 bits per heavy atom. The summed E-state index contributed by atoms with van der Waals surface area (Å²) < 4.78 is 0. The number of carbonyl (C=O) groups is 3. The first-order chi connectivity index (χ1) is 5.54. The van der Waals surface area contributed by atoms with Gasteiger partial charge in [-0.15, -0.1) is 0 Å². The van der Waals surface area contributed by atoms with Crippen molar-refractivity contribution in [2.45, 2.75) is 0 Å². The summed E-state index contributed by atoms with van der Waals surface area (Å²) in [5.41, 5.74) is 0. The van der Waals surface area contributed by atoms with Crippen LogP contribution in [0.5, 0.6) is 0 Å². The van der Waals surface area contributed by atoms with Crippen LogP contribution in [0.3, 0.4) is 0 Å². The minimum atomic E-state index is -1.82. The normalized spacial score (nSPS) is 14.2. The van der Waals surface area contributed by atoms with Crippen molar-refractivity contribution in [1.29, 1.82) is 0 Å². The van der Waals surface area contributed by atoms with Crippen LogP contribution in [0, 0.1) is 0 Å². The molecule has 1 amide bonds. The largest absolute Gasteiger partial charge is 0.473 e. The maximum atomic E-state index is 10.1. The molecule has 1 heterocycles. The van der Waals surface area contributed by atoms with E-state index in [-0.39, 0.29) is 5.24 Å². The number of amides is 1. The second-order valence-electron chi connectivity index (χ2n) is 1.67. The van der Waals surface area contributed by atoms with E-state index in [9.17, 15) is 4.79 Å². The number of rotatable bonds is 0. The van der Waals surface area contributed by atoms with E-state index in [1.165, 1.54) is 11.8 Å². The Morgan fingerprint density at radius 3 is 1.92 bits per heavy atom. The quantitative estimate of drug-likeness (QED) is 0.452. The first-order valence-corrected chi connectivity index (χ1v) is 3.89. The number of nitrogens with one attached hydrogen (secondary N) is 1. The van der Waals surface area contributed by atoms with E-state index in [1.807, 2.05) is 0 Å². The molecule has 6 nitrogen and oxygen atoms in total. The number of carboxylic acid groups (broad SMARTS) is 2. The van der Waals surface area contributed by atoms with Crippen molar-refractivity contribution in [3.63, 3.8) is 0 Å². The standard InChI is InChI=1S/C3H5NOS.C2H2O4/c5-3-4-1-2-6-3;3-1(4)2(5)6/h1-2H2,(H,4,5);(H,3,4)(H,5,6). The summed E-state index contributed by atoms with van der Waals surface area (Å²) in [6, 6.07) is 0. The van der Waals surface area contributed by atoms with Gasteiger partial charge in [0.15, 0.2) is 0 Å². The molecule has 0 aromatic rings. The van der Waals surface area contributed by atoms with Gasteiger partial charge in [0.05, 0.1) is 0 Å². The predicted octanol–water partition coefficient (Wildman–Crippen LogP) is -0.402. The number of thioether (sulfide) groups is 1. The molecule has 0 aliphatic carbocycles. The van der Waals surface area contributed by atoms with Crippen molar-refractivity contribution >= 4 is 28.9 Å². The van der Waals surface area contributed by atoms with Crippen LogP contribution in [0.4, 0.5) is 4.79 Å². The third-order valence-corrected chi connectivity index (χ3v) is 1.60. The zero-order valence-electron chi connectivity index (χ0n) is 5.94. The Labute approximate surface area is 71.9 Å². The highest BCUT2D eigenvalue weighted by Crippen LogP contribution is 2.04. The van der Waals surface area contributed by atoms with E-state index >= 15 is 0 Å². The maximum Gasteiger partial charge on any atom is 0.414 e. The van der Waals surface area contributed by atoms with Gasteiger partial charge in [-0.25, -0.2) is 9.59 Å². The molecule has 0 radical (unpaired) electrons. The van der Waals surface area contributed by atoms with Crippen molar-refractivity contribution in [2.75, 3.05) is 12.3 Å². The Kier molecular flexibility index (Phi) is 4.86. The SMILES string of the molecule is O=C(O)C(=O)O.O=C1NCCS1. The minimum absolute atomic E-state index is 0.120. The minimum Gasteiger partial charge on any atom is -0.473 e. The summed E-state index contributed by atoms with van der Waals surface area (Å²) in [6.07, 6.45) is 0. The summed E-state index contributed by atoms with van der Waals surface area (Å²) in [6.45, 7) is 0.851. The molecule has 1 rings (SSSR count). The van der Waals surface area contributed by atoms with Gasteiger partial charge in [-0.1, -0.05) is 11.8 Å². The number of hydrogen-bond acceptors (Lipinski definition) is 4. The van der Waals surface area contributed by atoms with E-state index in [1.54, 1.807) is 0 Å². The monoisotopic (exact) mass is 193 g/mol. The smallest absolute Gasteiger partial charge is 0.414 e. The molecule has 68 valence electrons. The van der Waals surface area contributed by atoms with Crippen molar-refractivity contribution in [3.05, 3.63) is 0 Å². The van der Waals surface area contributed by atoms with Gasteiger partial charge >= 0.3 is 11.9 Å². The van der Waals surface area contributed by atoms with E-state index < -0.39 is 11.9 Å². The molecule has 1 aliphatic heterocycles.